The van der Waals surface area contributed by atoms with Crippen molar-refractivity contribution in [3.8, 4) is 5.75 Å². The minimum atomic E-state index is -0.0713. The Morgan fingerprint density at radius 2 is 2.13 bits per heavy atom. The number of benzene rings is 1. The number of nitrogens with one attached hydrogen (secondary N) is 1. The number of thiocarbonyl (C=S) groups is 1. The normalized spacial score (nSPS) is 23.2. The molecule has 6 nitrogen and oxygen atoms in total. The Bertz CT molecular complexity index is 1050. The average molecular weight is 435 g/mol. The Labute approximate surface area is 187 Å². The summed E-state index contributed by atoms with van der Waals surface area (Å²) in [4.78, 5) is 6.82. The summed E-state index contributed by atoms with van der Waals surface area (Å²) >= 11 is 5.83. The van der Waals surface area contributed by atoms with Gasteiger partial charge in [0.25, 0.3) is 0 Å². The summed E-state index contributed by atoms with van der Waals surface area (Å²) in [5.74, 6) is 0.801. The van der Waals surface area contributed by atoms with Crippen LogP contribution in [-0.4, -0.2) is 34.5 Å². The molecular formula is C24H26N4O2S. The van der Waals surface area contributed by atoms with E-state index in [0.29, 0.717) is 5.11 Å². The van der Waals surface area contributed by atoms with Crippen LogP contribution in [0.15, 0.2) is 67.0 Å². The lowest BCUT2D eigenvalue weighted by Crippen LogP contribution is -2.31. The fourth-order valence-corrected chi connectivity index (χ4v) is 4.91. The van der Waals surface area contributed by atoms with Crippen LogP contribution in [0.3, 0.4) is 0 Å². The summed E-state index contributed by atoms with van der Waals surface area (Å²) in [5, 5.41) is 4.20. The molecule has 0 saturated carbocycles. The molecule has 0 unspecified atom stereocenters. The van der Waals surface area contributed by atoms with Gasteiger partial charge >= 0.3 is 0 Å². The Hall–Kier alpha value is -2.90. The van der Waals surface area contributed by atoms with Gasteiger partial charge in [-0.15, -0.1) is 0 Å². The number of hydrogen-bond acceptors (Lipinski definition) is 4. The number of nitrogens with zero attached hydrogens (tertiary/aromatic N) is 3. The summed E-state index contributed by atoms with van der Waals surface area (Å²) in [6.07, 6.45) is 6.45. The van der Waals surface area contributed by atoms with Crippen LogP contribution in [-0.2, 0) is 11.3 Å². The molecule has 3 aromatic rings. The highest BCUT2D eigenvalue weighted by molar-refractivity contribution is 7.80. The Balaban J connectivity index is 1.58. The lowest BCUT2D eigenvalue weighted by molar-refractivity contribution is 0.0961. The van der Waals surface area contributed by atoms with Crippen LogP contribution in [0.25, 0.3) is 0 Å². The van der Waals surface area contributed by atoms with Crippen LogP contribution < -0.4 is 15.0 Å². The van der Waals surface area contributed by atoms with E-state index >= 15 is 0 Å². The molecule has 0 spiro atoms. The van der Waals surface area contributed by atoms with Gasteiger partial charge in [0.2, 0.25) is 0 Å². The van der Waals surface area contributed by atoms with Gasteiger partial charge in [-0.05, 0) is 61.5 Å². The number of methoxy groups -OCH3 is 1. The van der Waals surface area contributed by atoms with E-state index in [1.54, 1.807) is 7.11 Å². The van der Waals surface area contributed by atoms with Gasteiger partial charge in [0, 0.05) is 43.0 Å². The molecule has 0 bridgehead atoms. The standard InChI is InChI=1S/C24H26N4O2S/c1-29-18-8-4-7-17(15-18)28-23(22(26-24(28)31)20-10-2-3-12-25-20)21-11-5-13-27(21)16-19-9-6-14-30-19/h2-5,7-8,10-13,15,19,22-23H,6,9,14,16H2,1H3,(H,26,31)/t19-,22-,23+/m0/s1. The number of aromatic nitrogens is 2. The van der Waals surface area contributed by atoms with Crippen molar-refractivity contribution in [3.05, 3.63) is 78.4 Å². The lowest BCUT2D eigenvalue weighted by Gasteiger charge is -2.29. The Morgan fingerprint density at radius 1 is 1.19 bits per heavy atom. The molecule has 2 aliphatic rings. The zero-order valence-electron chi connectivity index (χ0n) is 17.5. The van der Waals surface area contributed by atoms with E-state index in [1.807, 2.05) is 36.5 Å². The van der Waals surface area contributed by atoms with E-state index in [-0.39, 0.29) is 18.2 Å². The van der Waals surface area contributed by atoms with Gasteiger partial charge in [-0.2, -0.15) is 0 Å². The molecule has 2 aromatic heterocycles. The quantitative estimate of drug-likeness (QED) is 0.586. The molecule has 2 aliphatic heterocycles. The van der Waals surface area contributed by atoms with Crippen LogP contribution in [0.5, 0.6) is 5.75 Å². The van der Waals surface area contributed by atoms with Crippen molar-refractivity contribution >= 4 is 23.0 Å². The number of hydrogen-bond donors (Lipinski definition) is 1. The van der Waals surface area contributed by atoms with Crippen molar-refractivity contribution in [2.45, 2.75) is 37.6 Å². The van der Waals surface area contributed by atoms with Crippen molar-refractivity contribution in [2.75, 3.05) is 18.6 Å². The molecule has 7 heteroatoms. The summed E-state index contributed by atoms with van der Waals surface area (Å²) in [5.41, 5.74) is 3.14. The van der Waals surface area contributed by atoms with Crippen molar-refractivity contribution in [1.29, 1.82) is 0 Å². The third-order valence-corrected chi connectivity index (χ3v) is 6.34. The van der Waals surface area contributed by atoms with Crippen LogP contribution in [0, 0.1) is 0 Å². The van der Waals surface area contributed by atoms with Gasteiger partial charge in [0.15, 0.2) is 5.11 Å². The van der Waals surface area contributed by atoms with Gasteiger partial charge in [-0.1, -0.05) is 12.1 Å². The third kappa shape index (κ3) is 3.91. The maximum absolute atomic E-state index is 5.91. The van der Waals surface area contributed by atoms with Crippen molar-refractivity contribution in [2.24, 2.45) is 0 Å². The molecule has 5 rings (SSSR count). The molecule has 2 fully saturated rings. The lowest BCUT2D eigenvalue weighted by atomic mass is 10.0. The molecule has 1 aromatic carbocycles. The second kappa shape index (κ2) is 8.69. The van der Waals surface area contributed by atoms with Gasteiger partial charge in [-0.25, -0.2) is 0 Å². The van der Waals surface area contributed by atoms with Crippen molar-refractivity contribution < 1.29 is 9.47 Å². The van der Waals surface area contributed by atoms with E-state index in [2.05, 4.69) is 50.2 Å². The van der Waals surface area contributed by atoms with Crippen LogP contribution in [0.2, 0.25) is 0 Å². The second-order valence-electron chi connectivity index (χ2n) is 7.92. The van der Waals surface area contributed by atoms with Crippen molar-refractivity contribution in [3.63, 3.8) is 0 Å². The zero-order chi connectivity index (χ0) is 21.2. The number of ether oxygens (including phenoxy) is 2. The molecule has 2 saturated heterocycles. The molecule has 0 aliphatic carbocycles. The Morgan fingerprint density at radius 3 is 2.90 bits per heavy atom. The highest BCUT2D eigenvalue weighted by Crippen LogP contribution is 2.42. The molecular weight excluding hydrogens is 408 g/mol. The average Bonchev–Trinajstić information content (AvgIpc) is 3.55. The number of pyridine rings is 1. The smallest absolute Gasteiger partial charge is 0.174 e. The topological polar surface area (TPSA) is 51.5 Å². The highest BCUT2D eigenvalue weighted by Gasteiger charge is 2.42. The van der Waals surface area contributed by atoms with Gasteiger partial charge in [-0.3, -0.25) is 4.98 Å². The molecule has 31 heavy (non-hydrogen) atoms. The highest BCUT2D eigenvalue weighted by atomic mass is 32.1. The van der Waals surface area contributed by atoms with E-state index in [9.17, 15) is 0 Å². The minimum absolute atomic E-state index is 0.0501. The van der Waals surface area contributed by atoms with Crippen molar-refractivity contribution in [1.82, 2.24) is 14.9 Å². The molecule has 0 radical (unpaired) electrons. The molecule has 1 N–H and O–H groups in total. The first kappa shape index (κ1) is 20.0. The van der Waals surface area contributed by atoms with Gasteiger partial charge < -0.3 is 24.3 Å². The van der Waals surface area contributed by atoms with E-state index in [4.69, 9.17) is 21.7 Å². The number of rotatable bonds is 6. The van der Waals surface area contributed by atoms with Crippen LogP contribution >= 0.6 is 12.2 Å². The first-order valence-electron chi connectivity index (χ1n) is 10.7. The first-order chi connectivity index (χ1) is 15.2. The minimum Gasteiger partial charge on any atom is -0.497 e. The van der Waals surface area contributed by atoms with Crippen LogP contribution in [0.1, 0.15) is 36.3 Å². The fraction of sp³-hybridized carbons (Fsp3) is 0.333. The van der Waals surface area contributed by atoms with Gasteiger partial charge in [0.1, 0.15) is 11.8 Å². The van der Waals surface area contributed by atoms with Crippen LogP contribution in [0.4, 0.5) is 5.69 Å². The summed E-state index contributed by atoms with van der Waals surface area (Å²) in [6, 6.07) is 18.2. The van der Waals surface area contributed by atoms with E-state index in [1.165, 1.54) is 5.69 Å². The molecule has 160 valence electrons. The molecule has 0 amide bonds. The monoisotopic (exact) mass is 434 g/mol. The largest absolute Gasteiger partial charge is 0.497 e. The van der Waals surface area contributed by atoms with E-state index < -0.39 is 0 Å². The SMILES string of the molecule is COc1cccc(N2C(=S)N[C@@H](c3ccccn3)[C@H]2c2cccn2C[C@@H]2CCCO2)c1. The zero-order valence-corrected chi connectivity index (χ0v) is 18.3. The summed E-state index contributed by atoms with van der Waals surface area (Å²) in [6.45, 7) is 1.69. The summed E-state index contributed by atoms with van der Waals surface area (Å²) < 4.78 is 13.7. The third-order valence-electron chi connectivity index (χ3n) is 6.02. The number of anilines is 1. The first-order valence-corrected chi connectivity index (χ1v) is 11.1. The maximum Gasteiger partial charge on any atom is 0.174 e. The predicted octanol–water partition coefficient (Wildman–Crippen LogP) is 4.25. The fourth-order valence-electron chi connectivity index (χ4n) is 4.56. The molecule has 3 atom stereocenters. The molecule has 4 heterocycles. The van der Waals surface area contributed by atoms with Gasteiger partial charge in [0.05, 0.1) is 24.9 Å². The van der Waals surface area contributed by atoms with E-state index in [0.717, 1.165) is 43.1 Å². The second-order valence-corrected chi connectivity index (χ2v) is 8.31. The maximum atomic E-state index is 5.91. The predicted molar refractivity (Wildman–Crippen MR) is 124 cm³/mol. The Kier molecular flexibility index (Phi) is 5.61. The summed E-state index contributed by atoms with van der Waals surface area (Å²) in [7, 11) is 1.68.